The molecule has 1 fully saturated rings. The lowest BCUT2D eigenvalue weighted by Crippen LogP contribution is -2.50. The van der Waals surface area contributed by atoms with Crippen LogP contribution in [0.3, 0.4) is 0 Å². The zero-order valence-electron chi connectivity index (χ0n) is 12.5. The van der Waals surface area contributed by atoms with E-state index in [2.05, 4.69) is 5.32 Å². The number of ether oxygens (including phenoxy) is 1. The van der Waals surface area contributed by atoms with Crippen molar-refractivity contribution >= 4 is 11.8 Å². The van der Waals surface area contributed by atoms with E-state index in [4.69, 9.17) is 4.74 Å². The highest BCUT2D eigenvalue weighted by Crippen LogP contribution is 2.12. The Labute approximate surface area is 124 Å². The quantitative estimate of drug-likeness (QED) is 0.835. The summed E-state index contributed by atoms with van der Waals surface area (Å²) in [5.41, 5.74) is 1.04. The number of nitrogens with one attached hydrogen (secondary N) is 1. The Morgan fingerprint density at radius 2 is 2.10 bits per heavy atom. The predicted octanol–water partition coefficient (Wildman–Crippen LogP) is 0.0854. The van der Waals surface area contributed by atoms with Gasteiger partial charge in [0.25, 0.3) is 0 Å². The first-order valence-electron chi connectivity index (χ1n) is 6.94. The number of hydrogen-bond acceptors (Lipinski definition) is 4. The molecule has 1 N–H and O–H groups in total. The highest BCUT2D eigenvalue weighted by Gasteiger charge is 2.20. The van der Waals surface area contributed by atoms with Crippen LogP contribution in [0.2, 0.25) is 0 Å². The number of hydrogen-bond donors (Lipinski definition) is 1. The minimum Gasteiger partial charge on any atom is -0.497 e. The fourth-order valence-electron chi connectivity index (χ4n) is 2.23. The number of amides is 2. The van der Waals surface area contributed by atoms with Crippen molar-refractivity contribution < 1.29 is 14.3 Å². The standard InChI is InChI=1S/C15H21N3O3/c1-17(9-12-3-5-13(21-2)6-4-12)15(20)11-18-8-7-16-14(19)10-18/h3-6H,7-11H2,1-2H3,(H,16,19). The van der Waals surface area contributed by atoms with Gasteiger partial charge in [0.1, 0.15) is 5.75 Å². The van der Waals surface area contributed by atoms with Crippen molar-refractivity contribution in [2.45, 2.75) is 6.54 Å². The maximum Gasteiger partial charge on any atom is 0.236 e. The van der Waals surface area contributed by atoms with Crippen molar-refractivity contribution in [3.8, 4) is 5.75 Å². The van der Waals surface area contributed by atoms with E-state index in [1.54, 1.807) is 19.1 Å². The van der Waals surface area contributed by atoms with Crippen molar-refractivity contribution in [2.24, 2.45) is 0 Å². The van der Waals surface area contributed by atoms with Gasteiger partial charge in [0.05, 0.1) is 20.2 Å². The largest absolute Gasteiger partial charge is 0.497 e. The molecule has 1 aromatic rings. The van der Waals surface area contributed by atoms with E-state index in [-0.39, 0.29) is 18.4 Å². The van der Waals surface area contributed by atoms with E-state index in [0.717, 1.165) is 11.3 Å². The van der Waals surface area contributed by atoms with Crippen LogP contribution in [0.15, 0.2) is 24.3 Å². The van der Waals surface area contributed by atoms with Crippen molar-refractivity contribution in [3.05, 3.63) is 29.8 Å². The topological polar surface area (TPSA) is 61.9 Å². The summed E-state index contributed by atoms with van der Waals surface area (Å²) in [6.45, 7) is 2.44. The molecule has 0 aliphatic carbocycles. The molecule has 6 nitrogen and oxygen atoms in total. The van der Waals surface area contributed by atoms with Gasteiger partial charge in [0, 0.05) is 26.7 Å². The maximum atomic E-state index is 12.2. The second-order valence-corrected chi connectivity index (χ2v) is 5.16. The van der Waals surface area contributed by atoms with Gasteiger partial charge in [-0.1, -0.05) is 12.1 Å². The number of carbonyl (C=O) groups is 2. The number of benzene rings is 1. The molecule has 1 aliphatic heterocycles. The summed E-state index contributed by atoms with van der Waals surface area (Å²) in [4.78, 5) is 27.0. The molecule has 0 aromatic heterocycles. The fraction of sp³-hybridized carbons (Fsp3) is 0.467. The molecule has 0 bridgehead atoms. The first-order chi connectivity index (χ1) is 10.1. The molecule has 2 rings (SSSR count). The van der Waals surface area contributed by atoms with Crippen molar-refractivity contribution in [2.75, 3.05) is 40.3 Å². The van der Waals surface area contributed by atoms with E-state index in [1.165, 1.54) is 0 Å². The van der Waals surface area contributed by atoms with Crippen molar-refractivity contribution in [1.29, 1.82) is 0 Å². The Morgan fingerprint density at radius 3 is 2.71 bits per heavy atom. The first kappa shape index (κ1) is 15.3. The van der Waals surface area contributed by atoms with Gasteiger partial charge in [-0.15, -0.1) is 0 Å². The molecule has 0 atom stereocenters. The van der Waals surface area contributed by atoms with Gasteiger partial charge < -0.3 is 15.0 Å². The minimum absolute atomic E-state index is 0.0144. The van der Waals surface area contributed by atoms with Crippen LogP contribution in [0.25, 0.3) is 0 Å². The number of nitrogens with zero attached hydrogens (tertiary/aromatic N) is 2. The van der Waals surface area contributed by atoms with Crippen LogP contribution in [0.5, 0.6) is 5.75 Å². The zero-order valence-corrected chi connectivity index (χ0v) is 12.5. The van der Waals surface area contributed by atoms with Gasteiger partial charge in [0.15, 0.2) is 0 Å². The average Bonchev–Trinajstić information content (AvgIpc) is 2.48. The molecule has 0 saturated carbocycles. The highest BCUT2D eigenvalue weighted by atomic mass is 16.5. The van der Waals surface area contributed by atoms with E-state index in [9.17, 15) is 9.59 Å². The van der Waals surface area contributed by atoms with Crippen LogP contribution in [0.1, 0.15) is 5.56 Å². The lowest BCUT2D eigenvalue weighted by Gasteiger charge is -2.27. The summed E-state index contributed by atoms with van der Waals surface area (Å²) < 4.78 is 5.11. The molecular weight excluding hydrogens is 270 g/mol. The Kier molecular flexibility index (Phi) is 5.16. The van der Waals surface area contributed by atoms with Crippen LogP contribution in [-0.2, 0) is 16.1 Å². The third-order valence-electron chi connectivity index (χ3n) is 3.48. The third kappa shape index (κ3) is 4.46. The number of carbonyl (C=O) groups excluding carboxylic acids is 2. The summed E-state index contributed by atoms with van der Waals surface area (Å²) in [7, 11) is 3.40. The second kappa shape index (κ2) is 7.08. The van der Waals surface area contributed by atoms with Gasteiger partial charge in [0.2, 0.25) is 11.8 Å². The second-order valence-electron chi connectivity index (χ2n) is 5.16. The minimum atomic E-state index is -0.0214. The first-order valence-corrected chi connectivity index (χ1v) is 6.94. The van der Waals surface area contributed by atoms with Crippen LogP contribution in [0, 0.1) is 0 Å². The zero-order chi connectivity index (χ0) is 15.2. The molecule has 1 heterocycles. The maximum absolute atomic E-state index is 12.2. The molecule has 6 heteroatoms. The summed E-state index contributed by atoms with van der Waals surface area (Å²) in [5, 5.41) is 2.75. The van der Waals surface area contributed by atoms with Gasteiger partial charge in [-0.05, 0) is 17.7 Å². The normalized spacial score (nSPS) is 15.4. The molecule has 0 spiro atoms. The van der Waals surface area contributed by atoms with Gasteiger partial charge in [-0.2, -0.15) is 0 Å². The van der Waals surface area contributed by atoms with Crippen LogP contribution in [0.4, 0.5) is 0 Å². The SMILES string of the molecule is COc1ccc(CN(C)C(=O)CN2CCNC(=O)C2)cc1. The monoisotopic (exact) mass is 291 g/mol. The third-order valence-corrected chi connectivity index (χ3v) is 3.48. The summed E-state index contributed by atoms with van der Waals surface area (Å²) in [6.07, 6.45) is 0. The molecule has 1 aliphatic rings. The van der Waals surface area contributed by atoms with Gasteiger partial charge in [-0.3, -0.25) is 14.5 Å². The Bertz CT molecular complexity index is 501. The van der Waals surface area contributed by atoms with E-state index in [0.29, 0.717) is 26.2 Å². The highest BCUT2D eigenvalue weighted by molar-refractivity contribution is 5.81. The molecule has 0 unspecified atom stereocenters. The summed E-state index contributed by atoms with van der Waals surface area (Å²) in [6, 6.07) is 7.64. The van der Waals surface area contributed by atoms with Gasteiger partial charge >= 0.3 is 0 Å². The molecule has 1 aromatic carbocycles. The van der Waals surface area contributed by atoms with Gasteiger partial charge in [-0.25, -0.2) is 0 Å². The van der Waals surface area contributed by atoms with E-state index < -0.39 is 0 Å². The Balaban J connectivity index is 1.85. The molecule has 1 saturated heterocycles. The van der Waals surface area contributed by atoms with Crippen LogP contribution >= 0.6 is 0 Å². The smallest absolute Gasteiger partial charge is 0.236 e. The van der Waals surface area contributed by atoms with Crippen molar-refractivity contribution in [1.82, 2.24) is 15.1 Å². The molecule has 0 radical (unpaired) electrons. The lowest BCUT2D eigenvalue weighted by molar-refractivity contribution is -0.133. The summed E-state index contributed by atoms with van der Waals surface area (Å²) in [5.74, 6) is 0.791. The number of likely N-dealkylation sites (N-methyl/N-ethyl adjacent to an activating group) is 1. The number of rotatable bonds is 5. The average molecular weight is 291 g/mol. The van der Waals surface area contributed by atoms with E-state index in [1.807, 2.05) is 29.2 Å². The Hall–Kier alpha value is -2.08. The molecule has 2 amide bonds. The molecular formula is C15H21N3O3. The predicted molar refractivity (Wildman–Crippen MR) is 78.9 cm³/mol. The lowest BCUT2D eigenvalue weighted by atomic mass is 10.2. The van der Waals surface area contributed by atoms with Crippen LogP contribution < -0.4 is 10.1 Å². The fourth-order valence-corrected chi connectivity index (χ4v) is 2.23. The molecule has 114 valence electrons. The van der Waals surface area contributed by atoms with Crippen molar-refractivity contribution in [3.63, 3.8) is 0 Å². The van der Waals surface area contributed by atoms with E-state index >= 15 is 0 Å². The molecule has 21 heavy (non-hydrogen) atoms. The van der Waals surface area contributed by atoms with Crippen LogP contribution in [-0.4, -0.2) is 62.0 Å². The summed E-state index contributed by atoms with van der Waals surface area (Å²) >= 11 is 0. The number of piperazine rings is 1. The Morgan fingerprint density at radius 1 is 1.38 bits per heavy atom. The number of methoxy groups -OCH3 is 1.